The van der Waals surface area contributed by atoms with Gasteiger partial charge in [0.05, 0.1) is 0 Å². The van der Waals surface area contributed by atoms with Crippen LogP contribution in [0.15, 0.2) is 0 Å². The van der Waals surface area contributed by atoms with Crippen LogP contribution in [-0.2, 0) is 0 Å². The lowest BCUT2D eigenvalue weighted by atomic mass is 9.76. The normalized spacial score (nSPS) is 15.5. The van der Waals surface area contributed by atoms with E-state index >= 15 is 0 Å². The molecule has 1 nitrogen and oxygen atoms in total. The van der Waals surface area contributed by atoms with Crippen molar-refractivity contribution in [3.05, 3.63) is 0 Å². The van der Waals surface area contributed by atoms with E-state index in [0.29, 0.717) is 17.4 Å². The molecule has 0 saturated heterocycles. The maximum Gasteiger partial charge on any atom is 0.0113 e. The van der Waals surface area contributed by atoms with E-state index in [9.17, 15) is 0 Å². The molecule has 0 spiro atoms. The van der Waals surface area contributed by atoms with Gasteiger partial charge in [-0.3, -0.25) is 0 Å². The molecule has 0 aliphatic carbocycles. The topological polar surface area (TPSA) is 26.0 Å². The summed E-state index contributed by atoms with van der Waals surface area (Å²) in [6.07, 6.45) is 2.46. The van der Waals surface area contributed by atoms with E-state index in [0.717, 1.165) is 0 Å². The van der Waals surface area contributed by atoms with Crippen molar-refractivity contribution in [3.63, 3.8) is 0 Å². The van der Waals surface area contributed by atoms with Crippen LogP contribution in [0.25, 0.3) is 0 Å². The van der Waals surface area contributed by atoms with Gasteiger partial charge < -0.3 is 5.73 Å². The van der Waals surface area contributed by atoms with Crippen LogP contribution < -0.4 is 5.73 Å². The van der Waals surface area contributed by atoms with Gasteiger partial charge >= 0.3 is 0 Å². The molecule has 0 aliphatic rings. The monoisotopic (exact) mass is 157 g/mol. The van der Waals surface area contributed by atoms with Gasteiger partial charge in [-0.1, -0.05) is 41.0 Å². The molecule has 0 aromatic carbocycles. The fourth-order valence-electron chi connectivity index (χ4n) is 1.71. The highest BCUT2D eigenvalue weighted by atomic mass is 14.7. The molecule has 2 N–H and O–H groups in total. The second-order valence-corrected chi connectivity index (χ2v) is 4.51. The van der Waals surface area contributed by atoms with Crippen molar-refractivity contribution in [1.29, 1.82) is 0 Å². The largest absolute Gasteiger partial charge is 0.327 e. The summed E-state index contributed by atoms with van der Waals surface area (Å²) in [5, 5.41) is 0. The van der Waals surface area contributed by atoms with E-state index in [-0.39, 0.29) is 0 Å². The van der Waals surface area contributed by atoms with E-state index < -0.39 is 0 Å². The number of hydrogen-bond acceptors (Lipinski definition) is 1. The van der Waals surface area contributed by atoms with Crippen molar-refractivity contribution in [1.82, 2.24) is 0 Å². The summed E-state index contributed by atoms with van der Waals surface area (Å²) in [6, 6.07) is 0.336. The quantitative estimate of drug-likeness (QED) is 0.667. The first-order chi connectivity index (χ1) is 4.91. The van der Waals surface area contributed by atoms with Gasteiger partial charge in [-0.05, 0) is 17.8 Å². The van der Waals surface area contributed by atoms with Crippen molar-refractivity contribution in [3.8, 4) is 0 Å². The molecule has 0 amide bonds. The maximum atomic E-state index is 6.08. The van der Waals surface area contributed by atoms with Gasteiger partial charge in [0.1, 0.15) is 0 Å². The molecule has 1 unspecified atom stereocenters. The Labute approximate surface area is 71.4 Å². The van der Waals surface area contributed by atoms with Crippen LogP contribution in [0.2, 0.25) is 0 Å². The molecule has 1 heteroatoms. The van der Waals surface area contributed by atoms with Crippen LogP contribution in [-0.4, -0.2) is 6.04 Å². The highest BCUT2D eigenvalue weighted by molar-refractivity contribution is 4.82. The van der Waals surface area contributed by atoms with E-state index in [1.165, 1.54) is 12.8 Å². The van der Waals surface area contributed by atoms with Gasteiger partial charge in [-0.25, -0.2) is 0 Å². The first-order valence-electron chi connectivity index (χ1n) is 4.67. The Bertz CT molecular complexity index is 105. The molecule has 0 saturated carbocycles. The molecule has 11 heavy (non-hydrogen) atoms. The summed E-state index contributed by atoms with van der Waals surface area (Å²) < 4.78 is 0. The summed E-state index contributed by atoms with van der Waals surface area (Å²) in [4.78, 5) is 0. The molecule has 0 heterocycles. The van der Waals surface area contributed by atoms with Crippen LogP contribution in [0.5, 0.6) is 0 Å². The van der Waals surface area contributed by atoms with Crippen molar-refractivity contribution >= 4 is 0 Å². The average Bonchev–Trinajstić information content (AvgIpc) is 1.86. The van der Waals surface area contributed by atoms with Crippen LogP contribution in [0.3, 0.4) is 0 Å². The molecule has 0 aliphatic heterocycles. The van der Waals surface area contributed by atoms with Gasteiger partial charge in [0.2, 0.25) is 0 Å². The number of rotatable bonds is 4. The Morgan fingerprint density at radius 3 is 2.00 bits per heavy atom. The SMILES string of the molecule is CCCC(C)(C)C(N)C(C)C. The van der Waals surface area contributed by atoms with Gasteiger partial charge in [0.25, 0.3) is 0 Å². The second-order valence-electron chi connectivity index (χ2n) is 4.51. The third-order valence-corrected chi connectivity index (χ3v) is 2.51. The lowest BCUT2D eigenvalue weighted by Gasteiger charge is -2.34. The zero-order valence-corrected chi connectivity index (χ0v) is 8.65. The minimum absolute atomic E-state index is 0.308. The van der Waals surface area contributed by atoms with E-state index in [2.05, 4.69) is 34.6 Å². The molecule has 1 atom stereocenters. The Balaban J connectivity index is 4.05. The minimum Gasteiger partial charge on any atom is -0.327 e. The van der Waals surface area contributed by atoms with Gasteiger partial charge in [-0.15, -0.1) is 0 Å². The van der Waals surface area contributed by atoms with E-state index in [1.807, 2.05) is 0 Å². The van der Waals surface area contributed by atoms with Crippen LogP contribution in [0, 0.1) is 11.3 Å². The summed E-state index contributed by atoms with van der Waals surface area (Å²) in [6.45, 7) is 11.1. The molecule has 0 bridgehead atoms. The van der Waals surface area contributed by atoms with Crippen molar-refractivity contribution in [2.24, 2.45) is 17.1 Å². The van der Waals surface area contributed by atoms with E-state index in [1.54, 1.807) is 0 Å². The Morgan fingerprint density at radius 2 is 1.73 bits per heavy atom. The summed E-state index contributed by atoms with van der Waals surface area (Å²) in [5.74, 6) is 0.594. The molecular weight excluding hydrogens is 134 g/mol. The maximum absolute atomic E-state index is 6.08. The highest BCUT2D eigenvalue weighted by Crippen LogP contribution is 2.29. The summed E-state index contributed by atoms with van der Waals surface area (Å²) in [7, 11) is 0. The number of nitrogens with two attached hydrogens (primary N) is 1. The second kappa shape index (κ2) is 4.10. The van der Waals surface area contributed by atoms with Crippen molar-refractivity contribution in [2.75, 3.05) is 0 Å². The molecular formula is C10H23N. The first-order valence-corrected chi connectivity index (χ1v) is 4.67. The third-order valence-electron chi connectivity index (χ3n) is 2.51. The zero-order valence-electron chi connectivity index (χ0n) is 8.65. The van der Waals surface area contributed by atoms with Crippen LogP contribution in [0.1, 0.15) is 47.5 Å². The van der Waals surface area contributed by atoms with Crippen LogP contribution in [0.4, 0.5) is 0 Å². The van der Waals surface area contributed by atoms with Gasteiger partial charge in [-0.2, -0.15) is 0 Å². The Morgan fingerprint density at radius 1 is 1.27 bits per heavy atom. The standard InChI is InChI=1S/C10H23N/c1-6-7-10(4,5)9(11)8(2)3/h8-9H,6-7,11H2,1-5H3. The molecule has 68 valence electrons. The Hall–Kier alpha value is -0.0400. The minimum atomic E-state index is 0.308. The predicted molar refractivity (Wildman–Crippen MR) is 51.5 cm³/mol. The summed E-state index contributed by atoms with van der Waals surface area (Å²) in [5.41, 5.74) is 6.39. The molecule has 0 radical (unpaired) electrons. The molecule has 0 aromatic rings. The Kier molecular flexibility index (Phi) is 4.09. The fraction of sp³-hybridized carbons (Fsp3) is 1.00. The zero-order chi connectivity index (χ0) is 9.07. The van der Waals surface area contributed by atoms with Crippen LogP contribution >= 0.6 is 0 Å². The van der Waals surface area contributed by atoms with Crippen molar-refractivity contribution in [2.45, 2.75) is 53.5 Å². The fourth-order valence-corrected chi connectivity index (χ4v) is 1.71. The smallest absolute Gasteiger partial charge is 0.0113 e. The predicted octanol–water partition coefficient (Wildman–Crippen LogP) is 2.80. The lowest BCUT2D eigenvalue weighted by molar-refractivity contribution is 0.214. The molecule has 0 fully saturated rings. The summed E-state index contributed by atoms with van der Waals surface area (Å²) >= 11 is 0. The highest BCUT2D eigenvalue weighted by Gasteiger charge is 2.27. The van der Waals surface area contributed by atoms with Crippen molar-refractivity contribution < 1.29 is 0 Å². The number of hydrogen-bond donors (Lipinski definition) is 1. The van der Waals surface area contributed by atoms with Gasteiger partial charge in [0.15, 0.2) is 0 Å². The first kappa shape index (κ1) is 11.0. The third kappa shape index (κ3) is 3.24. The molecule has 0 aromatic heterocycles. The van der Waals surface area contributed by atoms with E-state index in [4.69, 9.17) is 5.73 Å². The molecule has 0 rings (SSSR count). The lowest BCUT2D eigenvalue weighted by Crippen LogP contribution is -2.41. The van der Waals surface area contributed by atoms with Gasteiger partial charge in [0, 0.05) is 6.04 Å². The average molecular weight is 157 g/mol.